The van der Waals surface area contributed by atoms with Crippen LogP contribution in [0.25, 0.3) is 0 Å². The lowest BCUT2D eigenvalue weighted by Crippen LogP contribution is -1.92. The highest BCUT2D eigenvalue weighted by atomic mass is 35.7. The molecule has 10 heavy (non-hydrogen) atoms. The minimum Gasteiger partial charge on any atom is -0.207 e. The molecule has 0 aliphatic heterocycles. The van der Waals surface area contributed by atoms with Crippen LogP contribution in [0.2, 0.25) is 0 Å². The number of rotatable bonds is 2. The van der Waals surface area contributed by atoms with E-state index in [1.54, 1.807) is 0 Å². The Morgan fingerprint density at radius 1 is 1.60 bits per heavy atom. The predicted molar refractivity (Wildman–Crippen MR) is 43.5 cm³/mol. The summed E-state index contributed by atoms with van der Waals surface area (Å²) in [6.07, 6.45) is 1.10. The van der Waals surface area contributed by atoms with Crippen molar-refractivity contribution in [1.82, 2.24) is 0 Å². The molecule has 0 spiro atoms. The molecule has 0 aromatic heterocycles. The van der Waals surface area contributed by atoms with Crippen LogP contribution in [0.5, 0.6) is 0 Å². The third-order valence-electron chi connectivity index (χ3n) is 0.788. The minimum atomic E-state index is -3.71. The van der Waals surface area contributed by atoms with Crippen LogP contribution in [-0.4, -0.2) is 8.42 Å². The Balaban J connectivity index is 5.13. The van der Waals surface area contributed by atoms with Gasteiger partial charge in [0.1, 0.15) is 0 Å². The first kappa shape index (κ1) is 10.0. The molecule has 0 saturated carbocycles. The van der Waals surface area contributed by atoms with Crippen LogP contribution in [0.1, 0.15) is 6.92 Å². The van der Waals surface area contributed by atoms with Crippen molar-refractivity contribution in [3.8, 4) is 0 Å². The van der Waals surface area contributed by atoms with E-state index in [4.69, 9.17) is 22.3 Å². The minimum absolute atomic E-state index is 0.116. The normalized spacial score (nSPS) is 14.3. The van der Waals surface area contributed by atoms with Crippen molar-refractivity contribution in [3.05, 3.63) is 22.6 Å². The zero-order chi connectivity index (χ0) is 8.36. The van der Waals surface area contributed by atoms with E-state index >= 15 is 0 Å². The van der Waals surface area contributed by atoms with Crippen molar-refractivity contribution < 1.29 is 8.42 Å². The molecule has 0 unspecified atom stereocenters. The molecule has 0 bridgehead atoms. The number of halogens is 2. The van der Waals surface area contributed by atoms with Gasteiger partial charge in [0.25, 0.3) is 9.05 Å². The fourth-order valence-corrected chi connectivity index (χ4v) is 1.98. The number of hydrogen-bond donors (Lipinski definition) is 0. The van der Waals surface area contributed by atoms with E-state index in [1.807, 2.05) is 0 Å². The van der Waals surface area contributed by atoms with Gasteiger partial charge in [-0.15, -0.1) is 0 Å². The average molecular weight is 201 g/mol. The summed E-state index contributed by atoms with van der Waals surface area (Å²) in [5, 5.41) is 0.116. The molecule has 0 heterocycles. The molecule has 0 N–H and O–H groups in total. The fourth-order valence-electron chi connectivity index (χ4n) is 0.408. The summed E-state index contributed by atoms with van der Waals surface area (Å²) >= 11 is 5.37. The maximum Gasteiger partial charge on any atom is 0.262 e. The van der Waals surface area contributed by atoms with Crippen LogP contribution in [-0.2, 0) is 9.05 Å². The molecule has 0 fully saturated rings. The fraction of sp³-hybridized carbons (Fsp3) is 0.200. The first-order chi connectivity index (χ1) is 4.39. The Labute approximate surface area is 69.6 Å². The van der Waals surface area contributed by atoms with E-state index in [2.05, 4.69) is 6.58 Å². The zero-order valence-electron chi connectivity index (χ0n) is 5.27. The summed E-state index contributed by atoms with van der Waals surface area (Å²) in [7, 11) is 1.24. The topological polar surface area (TPSA) is 34.1 Å². The summed E-state index contributed by atoms with van der Waals surface area (Å²) in [6.45, 7) is 4.67. The molecule has 0 radical (unpaired) electrons. The second-order valence-corrected chi connectivity index (χ2v) is 4.64. The predicted octanol–water partition coefficient (Wildman–Crippen LogP) is 2.21. The van der Waals surface area contributed by atoms with Gasteiger partial charge in [-0.3, -0.25) is 0 Å². The van der Waals surface area contributed by atoms with E-state index in [1.165, 1.54) is 6.92 Å². The molecule has 5 heteroatoms. The Morgan fingerprint density at radius 3 is 2.00 bits per heavy atom. The lowest BCUT2D eigenvalue weighted by molar-refractivity contribution is 0.615. The molecule has 2 nitrogen and oxygen atoms in total. The molecule has 0 aliphatic rings. The highest BCUT2D eigenvalue weighted by Crippen LogP contribution is 2.19. The van der Waals surface area contributed by atoms with Crippen molar-refractivity contribution >= 4 is 31.3 Å². The first-order valence-electron chi connectivity index (χ1n) is 2.33. The van der Waals surface area contributed by atoms with Gasteiger partial charge in [0.15, 0.2) is 0 Å². The molecular weight excluding hydrogens is 195 g/mol. The average Bonchev–Trinajstić information content (AvgIpc) is 1.60. The van der Waals surface area contributed by atoms with Gasteiger partial charge in [-0.1, -0.05) is 18.2 Å². The van der Waals surface area contributed by atoms with Crippen LogP contribution < -0.4 is 0 Å². The highest BCUT2D eigenvalue weighted by molar-refractivity contribution is 8.17. The van der Waals surface area contributed by atoms with Gasteiger partial charge in [0.2, 0.25) is 0 Å². The van der Waals surface area contributed by atoms with Crippen molar-refractivity contribution in [2.45, 2.75) is 6.92 Å². The second kappa shape index (κ2) is 3.42. The molecule has 0 rings (SSSR count). The molecule has 0 aromatic rings. The van der Waals surface area contributed by atoms with Gasteiger partial charge in [-0.2, -0.15) is 0 Å². The number of hydrogen-bond acceptors (Lipinski definition) is 2. The van der Waals surface area contributed by atoms with E-state index < -0.39 is 9.05 Å². The lowest BCUT2D eigenvalue weighted by atomic mass is 10.5. The van der Waals surface area contributed by atoms with Crippen molar-refractivity contribution in [2.24, 2.45) is 0 Å². The molecular formula is C5H6Cl2O2S. The van der Waals surface area contributed by atoms with Crippen molar-refractivity contribution in [1.29, 1.82) is 0 Å². The molecule has 0 amide bonds. The van der Waals surface area contributed by atoms with Crippen LogP contribution >= 0.6 is 22.3 Å². The van der Waals surface area contributed by atoms with Gasteiger partial charge in [-0.25, -0.2) is 8.42 Å². The Kier molecular flexibility index (Phi) is 3.42. The smallest absolute Gasteiger partial charge is 0.207 e. The molecule has 0 atom stereocenters. The third kappa shape index (κ3) is 2.73. The van der Waals surface area contributed by atoms with Crippen molar-refractivity contribution in [2.75, 3.05) is 0 Å². The quantitative estimate of drug-likeness (QED) is 0.507. The highest BCUT2D eigenvalue weighted by Gasteiger charge is 2.12. The summed E-state index contributed by atoms with van der Waals surface area (Å²) < 4.78 is 21.1. The molecule has 58 valence electrons. The van der Waals surface area contributed by atoms with E-state index in [0.717, 1.165) is 6.08 Å². The SMILES string of the molecule is C=C/C(=C(/C)Cl)S(=O)(=O)Cl. The summed E-state index contributed by atoms with van der Waals surface area (Å²) in [5.74, 6) is 0. The second-order valence-electron chi connectivity index (χ2n) is 1.54. The maximum absolute atomic E-state index is 10.6. The number of allylic oxidation sites excluding steroid dienone is 2. The molecule has 0 aliphatic carbocycles. The van der Waals surface area contributed by atoms with E-state index in [9.17, 15) is 8.42 Å². The largest absolute Gasteiger partial charge is 0.262 e. The zero-order valence-corrected chi connectivity index (χ0v) is 7.59. The van der Waals surface area contributed by atoms with E-state index in [0.29, 0.717) is 0 Å². The summed E-state index contributed by atoms with van der Waals surface area (Å²) in [4.78, 5) is -0.143. The maximum atomic E-state index is 10.6. The van der Waals surface area contributed by atoms with Crippen LogP contribution in [0.4, 0.5) is 0 Å². The lowest BCUT2D eigenvalue weighted by Gasteiger charge is -1.95. The van der Waals surface area contributed by atoms with Crippen LogP contribution in [0.3, 0.4) is 0 Å². The summed E-state index contributed by atoms with van der Waals surface area (Å²) in [6, 6.07) is 0. The van der Waals surface area contributed by atoms with Gasteiger partial charge in [0, 0.05) is 15.7 Å². The standard InChI is InChI=1S/C5H6Cl2O2S/c1-3-5(4(2)6)10(7,8)9/h3H,1H2,2H3/b5-4+. The van der Waals surface area contributed by atoms with E-state index in [-0.39, 0.29) is 9.94 Å². The molecule has 0 saturated heterocycles. The Morgan fingerprint density at radius 2 is 2.00 bits per heavy atom. The molecule has 0 aromatic carbocycles. The third-order valence-corrected chi connectivity index (χ3v) is 2.60. The Bertz CT molecular complexity index is 259. The Hall–Kier alpha value is 0.01000. The monoisotopic (exact) mass is 200 g/mol. The van der Waals surface area contributed by atoms with Gasteiger partial charge < -0.3 is 0 Å². The van der Waals surface area contributed by atoms with Gasteiger partial charge in [0.05, 0.1) is 4.91 Å². The van der Waals surface area contributed by atoms with Crippen molar-refractivity contribution in [3.63, 3.8) is 0 Å². The van der Waals surface area contributed by atoms with Crippen LogP contribution in [0.15, 0.2) is 22.6 Å². The van der Waals surface area contributed by atoms with Gasteiger partial charge >= 0.3 is 0 Å². The first-order valence-corrected chi connectivity index (χ1v) is 5.01. The van der Waals surface area contributed by atoms with Gasteiger partial charge in [-0.05, 0) is 13.0 Å². The summed E-state index contributed by atoms with van der Waals surface area (Å²) in [5.41, 5.74) is 0. The van der Waals surface area contributed by atoms with Crippen LogP contribution in [0, 0.1) is 0 Å².